The van der Waals surface area contributed by atoms with Crippen LogP contribution in [-0.4, -0.2) is 46.9 Å². The molecule has 3 N–H and O–H groups in total. The molecule has 3 aromatic carbocycles. The molecule has 0 spiro atoms. The molecule has 0 aliphatic carbocycles. The van der Waals surface area contributed by atoms with E-state index in [-0.39, 0.29) is 23.2 Å². The number of carbonyl (C=O) groups excluding carboxylic acids is 1. The minimum absolute atomic E-state index is 0.0271. The molecule has 7 nitrogen and oxygen atoms in total. The Morgan fingerprint density at radius 1 is 0.944 bits per heavy atom. The number of nitrogens with zero attached hydrogens (tertiary/aromatic N) is 4. The molecule has 1 aromatic heterocycles. The van der Waals surface area contributed by atoms with Gasteiger partial charge >= 0.3 is 6.03 Å². The van der Waals surface area contributed by atoms with Crippen LogP contribution in [-0.2, 0) is 0 Å². The predicted molar refractivity (Wildman–Crippen MR) is 138 cm³/mol. The summed E-state index contributed by atoms with van der Waals surface area (Å²) in [5.74, 6) is -1.37. The van der Waals surface area contributed by atoms with E-state index in [9.17, 15) is 13.6 Å². The van der Waals surface area contributed by atoms with Crippen LogP contribution in [0.1, 0.15) is 0 Å². The molecule has 10 heteroatoms. The summed E-state index contributed by atoms with van der Waals surface area (Å²) in [6.45, 7) is 2.35. The highest BCUT2D eigenvalue weighted by molar-refractivity contribution is 6.30. The summed E-state index contributed by atoms with van der Waals surface area (Å²) in [5, 5.41) is 7.80. The third-order valence-electron chi connectivity index (χ3n) is 6.10. The Morgan fingerprint density at radius 3 is 2.33 bits per heavy atom. The van der Waals surface area contributed by atoms with Gasteiger partial charge in [0, 0.05) is 48.5 Å². The number of para-hydroxylation sites is 1. The van der Waals surface area contributed by atoms with E-state index in [1.807, 2.05) is 30.3 Å². The molecular weight excluding hydrogens is 486 g/mol. The average Bonchev–Trinajstić information content (AvgIpc) is 3.22. The fourth-order valence-corrected chi connectivity index (χ4v) is 4.31. The number of rotatable bonds is 4. The lowest BCUT2D eigenvalue weighted by atomic mass is 10.1. The Labute approximate surface area is 211 Å². The Balaban J connectivity index is 1.44. The summed E-state index contributed by atoms with van der Waals surface area (Å²) in [6.07, 6.45) is 0. The average molecular weight is 509 g/mol. The first-order chi connectivity index (χ1) is 17.4. The zero-order valence-corrected chi connectivity index (χ0v) is 19.9. The summed E-state index contributed by atoms with van der Waals surface area (Å²) in [7, 11) is 0. The molecular formula is C26H23ClF2N6O. The molecule has 1 fully saturated rings. The van der Waals surface area contributed by atoms with E-state index in [1.165, 1.54) is 0 Å². The summed E-state index contributed by atoms with van der Waals surface area (Å²) < 4.78 is 29.6. The number of anilines is 3. The monoisotopic (exact) mass is 508 g/mol. The first-order valence-corrected chi connectivity index (χ1v) is 11.7. The van der Waals surface area contributed by atoms with Crippen LogP contribution < -0.4 is 16.0 Å². The van der Waals surface area contributed by atoms with Crippen molar-refractivity contribution >= 4 is 34.8 Å². The number of carbonyl (C=O) groups is 1. The highest BCUT2D eigenvalue weighted by Gasteiger charge is 2.26. The van der Waals surface area contributed by atoms with Crippen molar-refractivity contribution in [2.24, 2.45) is 0 Å². The molecule has 0 unspecified atom stereocenters. The van der Waals surface area contributed by atoms with Crippen molar-refractivity contribution in [1.29, 1.82) is 0 Å². The largest absolute Gasteiger partial charge is 0.382 e. The molecule has 1 aliphatic rings. The molecule has 0 bridgehead atoms. The second kappa shape index (κ2) is 9.87. The van der Waals surface area contributed by atoms with Crippen LogP contribution in [0.3, 0.4) is 0 Å². The maximum atomic E-state index is 14.6. The number of hydrogen-bond acceptors (Lipinski definition) is 4. The van der Waals surface area contributed by atoms with Gasteiger partial charge in [-0.1, -0.05) is 41.9 Å². The number of amides is 2. The number of aromatic nitrogens is 2. The fraction of sp³-hybridized carbons (Fsp3) is 0.154. The van der Waals surface area contributed by atoms with Crippen LogP contribution in [0.2, 0.25) is 5.02 Å². The maximum absolute atomic E-state index is 14.6. The number of urea groups is 1. The number of hydrogen-bond donors (Lipinski definition) is 2. The van der Waals surface area contributed by atoms with E-state index in [2.05, 4.69) is 15.3 Å². The van der Waals surface area contributed by atoms with E-state index < -0.39 is 11.6 Å². The minimum atomic E-state index is -0.705. The second-order valence-corrected chi connectivity index (χ2v) is 8.80. The predicted octanol–water partition coefficient (Wildman–Crippen LogP) is 5.41. The minimum Gasteiger partial charge on any atom is -0.382 e. The van der Waals surface area contributed by atoms with Gasteiger partial charge in [-0.05, 0) is 36.4 Å². The van der Waals surface area contributed by atoms with E-state index in [1.54, 1.807) is 29.2 Å². The number of nitrogens with two attached hydrogens (primary N) is 1. The normalized spacial score (nSPS) is 13.6. The number of piperazine rings is 1. The zero-order valence-electron chi connectivity index (χ0n) is 19.2. The van der Waals surface area contributed by atoms with Gasteiger partial charge in [-0.3, -0.25) is 0 Å². The molecule has 0 radical (unpaired) electrons. The Bertz CT molecular complexity index is 1390. The fourth-order valence-electron chi connectivity index (χ4n) is 4.19. The van der Waals surface area contributed by atoms with Gasteiger partial charge in [-0.15, -0.1) is 0 Å². The van der Waals surface area contributed by atoms with Crippen LogP contribution in [0.25, 0.3) is 16.9 Å². The SMILES string of the molecule is Nc1c(NC(=O)N2CCN(c3ccccc3)CC2)c(-c2ccc(Cl)cc2)nn1-c1cc(F)ccc1F. The Morgan fingerprint density at radius 2 is 1.64 bits per heavy atom. The summed E-state index contributed by atoms with van der Waals surface area (Å²) in [4.78, 5) is 17.1. The van der Waals surface area contributed by atoms with E-state index in [0.717, 1.165) is 28.6 Å². The van der Waals surface area contributed by atoms with Gasteiger partial charge < -0.3 is 20.9 Å². The molecule has 0 saturated carbocycles. The van der Waals surface area contributed by atoms with Gasteiger partial charge in [0.05, 0.1) is 0 Å². The molecule has 1 aliphatic heterocycles. The topological polar surface area (TPSA) is 79.4 Å². The van der Waals surface area contributed by atoms with Crippen molar-refractivity contribution in [1.82, 2.24) is 14.7 Å². The molecule has 36 heavy (non-hydrogen) atoms. The van der Waals surface area contributed by atoms with Crippen LogP contribution in [0.5, 0.6) is 0 Å². The maximum Gasteiger partial charge on any atom is 0.322 e. The molecule has 2 heterocycles. The van der Waals surface area contributed by atoms with Gasteiger partial charge in [0.1, 0.15) is 28.7 Å². The van der Waals surface area contributed by atoms with E-state index >= 15 is 0 Å². The zero-order chi connectivity index (χ0) is 25.2. The summed E-state index contributed by atoms with van der Waals surface area (Å²) >= 11 is 6.03. The molecule has 2 amide bonds. The number of halogens is 3. The van der Waals surface area contributed by atoms with Crippen molar-refractivity contribution in [2.45, 2.75) is 0 Å². The van der Waals surface area contributed by atoms with Gasteiger partial charge in [0.25, 0.3) is 0 Å². The van der Waals surface area contributed by atoms with Crippen molar-refractivity contribution in [2.75, 3.05) is 42.1 Å². The number of benzene rings is 3. The van der Waals surface area contributed by atoms with Crippen LogP contribution in [0.4, 0.5) is 30.8 Å². The lowest BCUT2D eigenvalue weighted by Gasteiger charge is -2.36. The smallest absolute Gasteiger partial charge is 0.322 e. The lowest BCUT2D eigenvalue weighted by molar-refractivity contribution is 0.208. The first-order valence-electron chi connectivity index (χ1n) is 11.4. The Hall–Kier alpha value is -4.11. The summed E-state index contributed by atoms with van der Waals surface area (Å²) in [6, 6.07) is 19.4. The molecule has 5 rings (SSSR count). The third kappa shape index (κ3) is 4.70. The van der Waals surface area contributed by atoms with Crippen molar-refractivity contribution in [3.05, 3.63) is 89.5 Å². The van der Waals surface area contributed by atoms with E-state index in [4.69, 9.17) is 17.3 Å². The highest BCUT2D eigenvalue weighted by Crippen LogP contribution is 2.35. The number of nitrogen functional groups attached to an aromatic ring is 1. The van der Waals surface area contributed by atoms with Crippen LogP contribution >= 0.6 is 11.6 Å². The van der Waals surface area contributed by atoms with E-state index in [0.29, 0.717) is 42.5 Å². The van der Waals surface area contributed by atoms with Gasteiger partial charge in [-0.2, -0.15) is 5.10 Å². The highest BCUT2D eigenvalue weighted by atomic mass is 35.5. The molecule has 4 aromatic rings. The van der Waals surface area contributed by atoms with Crippen molar-refractivity contribution < 1.29 is 13.6 Å². The molecule has 0 atom stereocenters. The van der Waals surface area contributed by atoms with Crippen LogP contribution in [0, 0.1) is 11.6 Å². The molecule has 1 saturated heterocycles. The Kier molecular flexibility index (Phi) is 6.47. The van der Waals surface area contributed by atoms with Crippen molar-refractivity contribution in [3.63, 3.8) is 0 Å². The summed E-state index contributed by atoms with van der Waals surface area (Å²) in [5.41, 5.74) is 8.39. The molecule has 184 valence electrons. The second-order valence-electron chi connectivity index (χ2n) is 8.36. The van der Waals surface area contributed by atoms with Crippen molar-refractivity contribution in [3.8, 4) is 16.9 Å². The first kappa shape index (κ1) is 23.6. The van der Waals surface area contributed by atoms with Gasteiger partial charge in [0.15, 0.2) is 5.82 Å². The quantitative estimate of drug-likeness (QED) is 0.386. The lowest BCUT2D eigenvalue weighted by Crippen LogP contribution is -2.50. The standard InChI is InChI=1S/C26H23ClF2N6O/c27-18-8-6-17(7-9-18)23-24(25(30)35(32-23)22-16-19(28)10-11-21(22)29)31-26(36)34-14-12-33(13-15-34)20-4-2-1-3-5-20/h1-11,16H,12-15,30H2,(H,31,36). The van der Waals surface area contributed by atoms with Gasteiger partial charge in [0.2, 0.25) is 0 Å². The van der Waals surface area contributed by atoms with Gasteiger partial charge in [-0.25, -0.2) is 18.3 Å². The third-order valence-corrected chi connectivity index (χ3v) is 6.35. The van der Waals surface area contributed by atoms with Crippen LogP contribution in [0.15, 0.2) is 72.8 Å². The number of nitrogens with one attached hydrogen (secondary N) is 1.